The summed E-state index contributed by atoms with van der Waals surface area (Å²) in [7, 11) is 0. The van der Waals surface area contributed by atoms with E-state index in [9.17, 15) is 14.0 Å². The molecule has 0 aromatic heterocycles. The van der Waals surface area contributed by atoms with Crippen LogP contribution in [-0.2, 0) is 16.1 Å². The Bertz CT molecular complexity index is 1060. The van der Waals surface area contributed by atoms with E-state index in [2.05, 4.69) is 6.58 Å². The molecule has 2 aliphatic heterocycles. The largest absolute Gasteiger partial charge is 0.303 e. The maximum Gasteiger partial charge on any atom is 0.267 e. The van der Waals surface area contributed by atoms with E-state index in [-0.39, 0.29) is 30.7 Å². The van der Waals surface area contributed by atoms with Gasteiger partial charge in [0.15, 0.2) is 0 Å². The summed E-state index contributed by atoms with van der Waals surface area (Å²) in [6, 6.07) is 13.6. The number of amides is 2. The number of anilines is 1. The van der Waals surface area contributed by atoms with Gasteiger partial charge in [-0.3, -0.25) is 14.5 Å². The summed E-state index contributed by atoms with van der Waals surface area (Å²) in [4.78, 5) is 29.4. The van der Waals surface area contributed by atoms with Crippen molar-refractivity contribution in [1.82, 2.24) is 4.90 Å². The number of benzene rings is 2. The first kappa shape index (κ1) is 18.6. The van der Waals surface area contributed by atoms with Crippen molar-refractivity contribution in [3.8, 4) is 0 Å². The molecule has 0 atom stereocenters. The molecule has 1 saturated heterocycles. The maximum absolute atomic E-state index is 14.2. The van der Waals surface area contributed by atoms with E-state index < -0.39 is 0 Å². The average Bonchev–Trinajstić information content (AvgIpc) is 3.12. The third-order valence-corrected chi connectivity index (χ3v) is 6.05. The Labute approximate surface area is 171 Å². The van der Waals surface area contributed by atoms with Crippen LogP contribution in [0.15, 0.2) is 66.1 Å². The molecule has 140 valence electrons. The van der Waals surface area contributed by atoms with Crippen molar-refractivity contribution in [2.45, 2.75) is 6.54 Å². The first-order valence-corrected chi connectivity index (χ1v) is 9.79. The molecular weight excluding hydrogens is 395 g/mol. The molecule has 7 heteroatoms. The number of carbonyl (C=O) groups is 2. The fourth-order valence-electron chi connectivity index (χ4n) is 3.29. The molecule has 2 amide bonds. The second-order valence-corrected chi connectivity index (χ2v) is 7.92. The Hall–Kier alpha value is -2.77. The number of carbonyl (C=O) groups excluding carboxylic acids is 2. The molecule has 2 aromatic rings. The van der Waals surface area contributed by atoms with Crippen LogP contribution in [0.5, 0.6) is 0 Å². The molecule has 2 aromatic carbocycles. The summed E-state index contributed by atoms with van der Waals surface area (Å²) in [6.07, 6.45) is 1.59. The summed E-state index contributed by atoms with van der Waals surface area (Å²) in [6.45, 7) is 4.01. The van der Waals surface area contributed by atoms with Crippen molar-refractivity contribution in [2.75, 3.05) is 11.4 Å². The standard InChI is InChI=1S/C21H15FN2O2S2/c1-2-11-23-20(26)18(28-21(23)27)17-14-8-4-6-10-16(14)24(19(17)25)12-13-7-3-5-9-15(13)22/h2-10H,1,11-12H2. The Morgan fingerprint density at radius 1 is 1.04 bits per heavy atom. The molecule has 0 saturated carbocycles. The number of hydrogen-bond acceptors (Lipinski definition) is 4. The van der Waals surface area contributed by atoms with Gasteiger partial charge in [0.05, 0.1) is 22.7 Å². The molecule has 0 radical (unpaired) electrons. The molecule has 0 spiro atoms. The highest BCUT2D eigenvalue weighted by molar-refractivity contribution is 8.26. The molecule has 0 aliphatic carbocycles. The van der Waals surface area contributed by atoms with Crippen LogP contribution in [0, 0.1) is 5.82 Å². The molecule has 28 heavy (non-hydrogen) atoms. The van der Waals surface area contributed by atoms with Crippen LogP contribution in [0.4, 0.5) is 10.1 Å². The van der Waals surface area contributed by atoms with Crippen LogP contribution >= 0.6 is 24.0 Å². The topological polar surface area (TPSA) is 40.6 Å². The van der Waals surface area contributed by atoms with Crippen LogP contribution in [-0.4, -0.2) is 27.6 Å². The summed E-state index contributed by atoms with van der Waals surface area (Å²) in [5.74, 6) is -1.01. The van der Waals surface area contributed by atoms with Gasteiger partial charge in [0.1, 0.15) is 10.1 Å². The van der Waals surface area contributed by atoms with E-state index in [1.54, 1.807) is 36.4 Å². The highest BCUT2D eigenvalue weighted by Gasteiger charge is 2.41. The lowest BCUT2D eigenvalue weighted by Gasteiger charge is -2.17. The van der Waals surface area contributed by atoms with Crippen LogP contribution in [0.3, 0.4) is 0 Å². The second kappa shape index (κ2) is 7.33. The van der Waals surface area contributed by atoms with Crippen molar-refractivity contribution in [3.05, 3.63) is 83.0 Å². The predicted molar refractivity (Wildman–Crippen MR) is 113 cm³/mol. The fraction of sp³-hybridized carbons (Fsp3) is 0.0952. The normalized spacial score (nSPS) is 18.8. The Balaban J connectivity index is 1.80. The van der Waals surface area contributed by atoms with Crippen LogP contribution in [0.2, 0.25) is 0 Å². The van der Waals surface area contributed by atoms with Crippen LogP contribution < -0.4 is 4.90 Å². The van der Waals surface area contributed by atoms with E-state index in [0.29, 0.717) is 31.6 Å². The molecular formula is C21H15FN2O2S2. The minimum Gasteiger partial charge on any atom is -0.303 e. The maximum atomic E-state index is 14.2. The summed E-state index contributed by atoms with van der Waals surface area (Å²) in [5, 5.41) is 0. The Morgan fingerprint density at radius 2 is 1.75 bits per heavy atom. The van der Waals surface area contributed by atoms with E-state index in [1.807, 2.05) is 12.1 Å². The molecule has 0 unspecified atom stereocenters. The third-order valence-electron chi connectivity index (χ3n) is 4.60. The Kier molecular flexibility index (Phi) is 4.87. The van der Waals surface area contributed by atoms with E-state index in [0.717, 1.165) is 11.8 Å². The smallest absolute Gasteiger partial charge is 0.267 e. The number of nitrogens with zero attached hydrogens (tertiary/aromatic N) is 2. The van der Waals surface area contributed by atoms with Gasteiger partial charge in [-0.2, -0.15) is 0 Å². The molecule has 0 bridgehead atoms. The summed E-state index contributed by atoms with van der Waals surface area (Å²) in [5.41, 5.74) is 2.03. The van der Waals surface area contributed by atoms with Crippen molar-refractivity contribution >= 4 is 51.4 Å². The molecule has 2 aliphatic rings. The molecule has 2 heterocycles. The zero-order valence-electron chi connectivity index (χ0n) is 14.7. The van der Waals surface area contributed by atoms with E-state index in [4.69, 9.17) is 12.2 Å². The summed E-state index contributed by atoms with van der Waals surface area (Å²) < 4.78 is 14.5. The highest BCUT2D eigenvalue weighted by atomic mass is 32.2. The van der Waals surface area contributed by atoms with Gasteiger partial charge in [0.2, 0.25) is 0 Å². The van der Waals surface area contributed by atoms with Gasteiger partial charge >= 0.3 is 0 Å². The second-order valence-electron chi connectivity index (χ2n) is 6.28. The van der Waals surface area contributed by atoms with Gasteiger partial charge in [-0.05, 0) is 12.1 Å². The zero-order chi connectivity index (χ0) is 19.8. The highest BCUT2D eigenvalue weighted by Crippen LogP contribution is 2.45. The Morgan fingerprint density at radius 3 is 2.50 bits per heavy atom. The predicted octanol–water partition coefficient (Wildman–Crippen LogP) is 4.13. The van der Waals surface area contributed by atoms with Crippen LogP contribution in [0.25, 0.3) is 5.57 Å². The van der Waals surface area contributed by atoms with Gasteiger partial charge in [-0.25, -0.2) is 4.39 Å². The van der Waals surface area contributed by atoms with Gasteiger partial charge in [0.25, 0.3) is 11.8 Å². The number of rotatable bonds is 4. The molecule has 0 N–H and O–H groups in total. The fourth-order valence-corrected chi connectivity index (χ4v) is 4.64. The number of thioether (sulfide) groups is 1. The number of hydrogen-bond donors (Lipinski definition) is 0. The van der Waals surface area contributed by atoms with E-state index in [1.165, 1.54) is 15.9 Å². The van der Waals surface area contributed by atoms with Gasteiger partial charge in [0, 0.05) is 17.7 Å². The summed E-state index contributed by atoms with van der Waals surface area (Å²) >= 11 is 6.41. The number of thiocarbonyl (C=S) groups is 1. The minimum atomic E-state index is -0.376. The SMILES string of the molecule is C=CCN1C(=O)C(=C2C(=O)N(Cc3ccccc3F)c3ccccc32)SC1=S. The lowest BCUT2D eigenvalue weighted by molar-refractivity contribution is -0.122. The van der Waals surface area contributed by atoms with Crippen molar-refractivity contribution in [1.29, 1.82) is 0 Å². The molecule has 4 nitrogen and oxygen atoms in total. The zero-order valence-corrected chi connectivity index (χ0v) is 16.4. The van der Waals surface area contributed by atoms with Crippen LogP contribution in [0.1, 0.15) is 11.1 Å². The van der Waals surface area contributed by atoms with Gasteiger partial charge < -0.3 is 4.90 Å². The number of para-hydroxylation sites is 1. The lowest BCUT2D eigenvalue weighted by Crippen LogP contribution is -2.29. The number of fused-ring (bicyclic) bond motifs is 1. The average molecular weight is 410 g/mol. The quantitative estimate of drug-likeness (QED) is 0.432. The lowest BCUT2D eigenvalue weighted by atomic mass is 10.1. The van der Waals surface area contributed by atoms with Crippen molar-refractivity contribution in [2.24, 2.45) is 0 Å². The first-order valence-electron chi connectivity index (χ1n) is 8.56. The van der Waals surface area contributed by atoms with E-state index >= 15 is 0 Å². The van der Waals surface area contributed by atoms with Crippen molar-refractivity contribution < 1.29 is 14.0 Å². The number of halogens is 1. The molecule has 4 rings (SSSR count). The third kappa shape index (κ3) is 2.96. The van der Waals surface area contributed by atoms with Gasteiger partial charge in [-0.15, -0.1) is 6.58 Å². The van der Waals surface area contributed by atoms with Crippen molar-refractivity contribution in [3.63, 3.8) is 0 Å². The monoisotopic (exact) mass is 410 g/mol. The van der Waals surface area contributed by atoms with Gasteiger partial charge in [-0.1, -0.05) is 66.5 Å². The first-order chi connectivity index (χ1) is 13.5. The minimum absolute atomic E-state index is 0.0823. The molecule has 1 fully saturated rings.